The van der Waals surface area contributed by atoms with Crippen LogP contribution < -0.4 is 13.1 Å². The first-order valence-electron chi connectivity index (χ1n) is 9.99. The Labute approximate surface area is 159 Å². The normalized spacial score (nSPS) is 11.6. The van der Waals surface area contributed by atoms with E-state index in [4.69, 9.17) is 9.47 Å². The fourth-order valence-corrected chi connectivity index (χ4v) is 21.5. The molecule has 0 spiro atoms. The van der Waals surface area contributed by atoms with Crippen LogP contribution in [0.1, 0.15) is 64.9 Å². The first kappa shape index (κ1) is 22.6. The average Bonchev–Trinajstić information content (AvgIpc) is 2.66. The topological polar surface area (TPSA) is 38.7 Å². The van der Waals surface area contributed by atoms with E-state index in [0.29, 0.717) is 0 Å². The van der Waals surface area contributed by atoms with E-state index in [0.717, 1.165) is 17.1 Å². The maximum absolute atomic E-state index is 10.1. The SMILES string of the molecule is CCC[CH2][Sn]([CH2]CCC)([CH2]CCC)[c]1c(CO)ccc(OC)c1OC. The van der Waals surface area contributed by atoms with E-state index < -0.39 is 18.4 Å². The third-order valence-electron chi connectivity index (χ3n) is 5.36. The summed E-state index contributed by atoms with van der Waals surface area (Å²) in [6.07, 6.45) is 7.56. The first-order chi connectivity index (χ1) is 12.1. The molecule has 0 bridgehead atoms. The molecule has 0 saturated heterocycles. The van der Waals surface area contributed by atoms with E-state index >= 15 is 0 Å². The summed E-state index contributed by atoms with van der Waals surface area (Å²) in [5.74, 6) is 1.73. The zero-order valence-corrected chi connectivity index (χ0v) is 19.8. The fraction of sp³-hybridized carbons (Fsp3) is 0.714. The molecule has 0 amide bonds. The first-order valence-corrected chi connectivity index (χ1v) is 17.5. The molecule has 1 rings (SSSR count). The summed E-state index contributed by atoms with van der Waals surface area (Å²) in [5.41, 5.74) is 1.08. The van der Waals surface area contributed by atoms with Crippen molar-refractivity contribution in [3.05, 3.63) is 17.7 Å². The summed E-state index contributed by atoms with van der Waals surface area (Å²) in [6, 6.07) is 4.01. The molecule has 0 saturated carbocycles. The van der Waals surface area contributed by atoms with Crippen molar-refractivity contribution in [3.8, 4) is 11.5 Å². The van der Waals surface area contributed by atoms with Crippen LogP contribution in [0.5, 0.6) is 11.5 Å². The number of aliphatic hydroxyl groups excluding tert-OH is 1. The number of methoxy groups -OCH3 is 2. The molecule has 1 aromatic carbocycles. The Bertz CT molecular complexity index is 480. The molecule has 0 heterocycles. The van der Waals surface area contributed by atoms with Gasteiger partial charge in [-0.15, -0.1) is 0 Å². The van der Waals surface area contributed by atoms with E-state index in [1.165, 1.54) is 55.4 Å². The van der Waals surface area contributed by atoms with Crippen LogP contribution in [0, 0.1) is 0 Å². The molecule has 4 heteroatoms. The van der Waals surface area contributed by atoms with Gasteiger partial charge in [-0.3, -0.25) is 0 Å². The molecule has 0 aliphatic heterocycles. The second-order valence-electron chi connectivity index (χ2n) is 7.08. The van der Waals surface area contributed by atoms with Crippen LogP contribution in [-0.4, -0.2) is 37.7 Å². The molecule has 3 nitrogen and oxygen atoms in total. The zero-order valence-electron chi connectivity index (χ0n) is 17.0. The molecule has 1 aromatic rings. The van der Waals surface area contributed by atoms with Gasteiger partial charge in [0.25, 0.3) is 0 Å². The van der Waals surface area contributed by atoms with Crippen LogP contribution in [0.2, 0.25) is 13.3 Å². The number of unbranched alkanes of at least 4 members (excludes halogenated alkanes) is 3. The number of hydrogen-bond donors (Lipinski definition) is 1. The fourth-order valence-electron chi connectivity index (χ4n) is 3.98. The van der Waals surface area contributed by atoms with Gasteiger partial charge in [-0.2, -0.15) is 0 Å². The second kappa shape index (κ2) is 12.1. The van der Waals surface area contributed by atoms with E-state index in [2.05, 4.69) is 26.8 Å². The predicted octanol–water partition coefficient (Wildman–Crippen LogP) is 5.25. The Morgan fingerprint density at radius 2 is 1.36 bits per heavy atom. The number of ether oxygens (including phenoxy) is 2. The van der Waals surface area contributed by atoms with Gasteiger partial charge in [-0.25, -0.2) is 0 Å². The molecule has 0 fully saturated rings. The number of hydrogen-bond acceptors (Lipinski definition) is 3. The standard InChI is InChI=1S/C9H11O3.3C4H9.Sn/c1-11-8-4-3-7(6-10)5-9(8)12-2;3*1-3-4-2;/h3-4,10H,6H2,1-2H3;3*1,3-4H2,2H3;. The van der Waals surface area contributed by atoms with E-state index in [-0.39, 0.29) is 6.61 Å². The second-order valence-corrected chi connectivity index (χ2v) is 20.1. The molecule has 0 radical (unpaired) electrons. The zero-order chi connectivity index (χ0) is 18.7. The molecular formula is C21H38O3Sn. The summed E-state index contributed by atoms with van der Waals surface area (Å²) in [4.78, 5) is 0. The van der Waals surface area contributed by atoms with Gasteiger partial charge in [0.1, 0.15) is 0 Å². The van der Waals surface area contributed by atoms with E-state index in [9.17, 15) is 5.11 Å². The van der Waals surface area contributed by atoms with Gasteiger partial charge in [0.15, 0.2) is 0 Å². The Morgan fingerprint density at radius 3 is 1.72 bits per heavy atom. The molecule has 0 aliphatic rings. The van der Waals surface area contributed by atoms with E-state index in [1.807, 2.05) is 6.07 Å². The molecular weight excluding hydrogens is 419 g/mol. The van der Waals surface area contributed by atoms with Crippen LogP contribution >= 0.6 is 0 Å². The third-order valence-corrected chi connectivity index (χ3v) is 21.2. The van der Waals surface area contributed by atoms with Crippen molar-refractivity contribution in [1.82, 2.24) is 0 Å². The van der Waals surface area contributed by atoms with Gasteiger partial charge in [-0.1, -0.05) is 0 Å². The summed E-state index contributed by atoms with van der Waals surface area (Å²) < 4.78 is 16.9. The van der Waals surface area contributed by atoms with Crippen molar-refractivity contribution in [3.63, 3.8) is 0 Å². The van der Waals surface area contributed by atoms with Crippen molar-refractivity contribution in [2.75, 3.05) is 14.2 Å². The van der Waals surface area contributed by atoms with Crippen molar-refractivity contribution in [1.29, 1.82) is 0 Å². The Morgan fingerprint density at radius 1 is 0.840 bits per heavy atom. The average molecular weight is 457 g/mol. The molecule has 0 aromatic heterocycles. The summed E-state index contributed by atoms with van der Waals surface area (Å²) in [7, 11) is 3.46. The van der Waals surface area contributed by atoms with Gasteiger partial charge >= 0.3 is 159 Å². The predicted molar refractivity (Wildman–Crippen MR) is 110 cm³/mol. The van der Waals surface area contributed by atoms with Gasteiger partial charge in [0.2, 0.25) is 0 Å². The van der Waals surface area contributed by atoms with Crippen LogP contribution in [0.3, 0.4) is 0 Å². The molecule has 0 unspecified atom stereocenters. The molecule has 144 valence electrons. The number of aliphatic hydroxyl groups is 1. The number of rotatable bonds is 13. The van der Waals surface area contributed by atoms with Gasteiger partial charge < -0.3 is 0 Å². The monoisotopic (exact) mass is 458 g/mol. The minimum absolute atomic E-state index is 0.0960. The Balaban J connectivity index is 3.57. The van der Waals surface area contributed by atoms with Crippen LogP contribution in [0.15, 0.2) is 12.1 Å². The van der Waals surface area contributed by atoms with Crippen LogP contribution in [-0.2, 0) is 6.61 Å². The molecule has 0 atom stereocenters. The van der Waals surface area contributed by atoms with Gasteiger partial charge in [0, 0.05) is 0 Å². The van der Waals surface area contributed by atoms with Crippen molar-refractivity contribution < 1.29 is 14.6 Å². The van der Waals surface area contributed by atoms with Crippen LogP contribution in [0.25, 0.3) is 0 Å². The summed E-state index contributed by atoms with van der Waals surface area (Å²) in [5, 5.41) is 10.1. The summed E-state index contributed by atoms with van der Waals surface area (Å²) in [6.45, 7) is 6.95. The molecule has 0 aliphatic carbocycles. The number of benzene rings is 1. The van der Waals surface area contributed by atoms with Gasteiger partial charge in [0.05, 0.1) is 0 Å². The van der Waals surface area contributed by atoms with Gasteiger partial charge in [-0.05, 0) is 0 Å². The molecule has 1 N–H and O–H groups in total. The van der Waals surface area contributed by atoms with E-state index in [1.54, 1.807) is 14.2 Å². The Kier molecular flexibility index (Phi) is 10.9. The van der Waals surface area contributed by atoms with Crippen molar-refractivity contribution >= 4 is 22.0 Å². The molecule has 25 heavy (non-hydrogen) atoms. The minimum atomic E-state index is -2.72. The van der Waals surface area contributed by atoms with Crippen LogP contribution in [0.4, 0.5) is 0 Å². The maximum atomic E-state index is 10.1. The third kappa shape index (κ3) is 5.78. The quantitative estimate of drug-likeness (QED) is 0.412. The van der Waals surface area contributed by atoms with Crippen molar-refractivity contribution in [2.24, 2.45) is 0 Å². The Hall–Kier alpha value is -0.421. The van der Waals surface area contributed by atoms with Crippen molar-refractivity contribution in [2.45, 2.75) is 79.2 Å². The summed E-state index contributed by atoms with van der Waals surface area (Å²) >= 11 is -2.72.